The molecule has 0 spiro atoms. The minimum atomic E-state index is -3.55. The molecule has 0 N–H and O–H groups in total. The molecular weight excluding hydrogens is 405 g/mol. The van der Waals surface area contributed by atoms with Crippen molar-refractivity contribution in [3.63, 3.8) is 0 Å². The summed E-state index contributed by atoms with van der Waals surface area (Å²) in [6.45, 7) is 2.29. The molecule has 0 radical (unpaired) electrons. The van der Waals surface area contributed by atoms with Crippen LogP contribution in [0.5, 0.6) is 0 Å². The van der Waals surface area contributed by atoms with E-state index in [2.05, 4.69) is 4.98 Å². The van der Waals surface area contributed by atoms with Crippen LogP contribution in [0.15, 0.2) is 47.4 Å². The zero-order valence-corrected chi connectivity index (χ0v) is 17.8. The van der Waals surface area contributed by atoms with E-state index in [9.17, 15) is 17.6 Å². The highest BCUT2D eigenvalue weighted by molar-refractivity contribution is 7.89. The summed E-state index contributed by atoms with van der Waals surface area (Å²) in [5, 5.41) is 0.589. The normalized spacial score (nSPS) is 14.2. The fourth-order valence-electron chi connectivity index (χ4n) is 3.81. The highest BCUT2D eigenvalue weighted by Gasteiger charge is 2.27. The highest BCUT2D eigenvalue weighted by atomic mass is 32.2. The molecule has 156 valence electrons. The van der Waals surface area contributed by atoms with Gasteiger partial charge in [0, 0.05) is 43.5 Å². The third-order valence-electron chi connectivity index (χ3n) is 5.32. The Hall–Kier alpha value is -2.84. The lowest BCUT2D eigenvalue weighted by Crippen LogP contribution is -2.36. The number of carbonyl (C=O) groups is 1. The van der Waals surface area contributed by atoms with Crippen LogP contribution in [-0.2, 0) is 16.4 Å². The van der Waals surface area contributed by atoms with E-state index >= 15 is 0 Å². The number of hydrogen-bond donors (Lipinski definition) is 0. The lowest BCUT2D eigenvalue weighted by molar-refractivity contribution is 0.0986. The number of pyridine rings is 1. The summed E-state index contributed by atoms with van der Waals surface area (Å²) in [6, 6.07) is 10.8. The Bertz CT molecular complexity index is 1270. The highest BCUT2D eigenvalue weighted by Crippen LogP contribution is 2.32. The number of anilines is 1. The van der Waals surface area contributed by atoms with E-state index in [-0.39, 0.29) is 10.8 Å². The Morgan fingerprint density at radius 3 is 2.63 bits per heavy atom. The van der Waals surface area contributed by atoms with Crippen LogP contribution in [0.4, 0.5) is 10.1 Å². The number of sulfonamides is 1. The molecule has 4 rings (SSSR count). The van der Waals surface area contributed by atoms with Crippen molar-refractivity contribution in [2.75, 3.05) is 25.5 Å². The molecule has 1 aliphatic rings. The topological polar surface area (TPSA) is 70.6 Å². The van der Waals surface area contributed by atoms with E-state index in [4.69, 9.17) is 0 Å². The molecule has 0 saturated heterocycles. The lowest BCUT2D eigenvalue weighted by Gasteiger charge is -2.30. The van der Waals surface area contributed by atoms with Crippen molar-refractivity contribution in [1.29, 1.82) is 0 Å². The van der Waals surface area contributed by atoms with Crippen LogP contribution in [0.1, 0.15) is 28.0 Å². The van der Waals surface area contributed by atoms with Crippen molar-refractivity contribution in [2.24, 2.45) is 0 Å². The number of rotatable bonds is 3. The lowest BCUT2D eigenvalue weighted by atomic mass is 9.99. The van der Waals surface area contributed by atoms with Gasteiger partial charge in [-0.05, 0) is 61.7 Å². The average Bonchev–Trinajstić information content (AvgIpc) is 2.71. The Balaban J connectivity index is 1.79. The number of benzene rings is 2. The van der Waals surface area contributed by atoms with Crippen molar-refractivity contribution in [3.8, 4) is 0 Å². The molecule has 0 saturated carbocycles. The van der Waals surface area contributed by atoms with Gasteiger partial charge in [-0.3, -0.25) is 9.78 Å². The van der Waals surface area contributed by atoms with Gasteiger partial charge in [0.25, 0.3) is 5.91 Å². The molecular formula is C22H22FN3O3S. The van der Waals surface area contributed by atoms with Gasteiger partial charge in [0.2, 0.25) is 10.0 Å². The second kappa shape index (κ2) is 7.45. The van der Waals surface area contributed by atoms with Crippen LogP contribution < -0.4 is 4.90 Å². The first-order valence-electron chi connectivity index (χ1n) is 9.63. The molecule has 2 aromatic carbocycles. The van der Waals surface area contributed by atoms with Crippen LogP contribution in [0.25, 0.3) is 10.9 Å². The monoisotopic (exact) mass is 427 g/mol. The number of amides is 1. The first-order chi connectivity index (χ1) is 14.2. The summed E-state index contributed by atoms with van der Waals surface area (Å²) in [5.74, 6) is -0.613. The van der Waals surface area contributed by atoms with Crippen LogP contribution >= 0.6 is 0 Å². The smallest absolute Gasteiger partial charge is 0.259 e. The molecule has 0 aliphatic carbocycles. The fraction of sp³-hybridized carbons (Fsp3) is 0.273. The molecule has 0 fully saturated rings. The van der Waals surface area contributed by atoms with Crippen LogP contribution in [0.3, 0.4) is 0 Å². The van der Waals surface area contributed by atoms with E-state index in [0.717, 1.165) is 12.0 Å². The van der Waals surface area contributed by atoms with Gasteiger partial charge in [0.1, 0.15) is 5.82 Å². The molecule has 1 aliphatic heterocycles. The zero-order chi connectivity index (χ0) is 21.6. The van der Waals surface area contributed by atoms with Crippen molar-refractivity contribution >= 4 is 32.5 Å². The molecule has 0 unspecified atom stereocenters. The molecule has 30 heavy (non-hydrogen) atoms. The quantitative estimate of drug-likeness (QED) is 0.641. The number of fused-ring (bicyclic) bond motifs is 2. The summed E-state index contributed by atoms with van der Waals surface area (Å²) < 4.78 is 39.8. The Labute approximate surface area is 175 Å². The molecule has 0 atom stereocenters. The minimum Gasteiger partial charge on any atom is -0.308 e. The summed E-state index contributed by atoms with van der Waals surface area (Å²) in [4.78, 5) is 19.7. The van der Waals surface area contributed by atoms with Crippen LogP contribution in [-0.4, -0.2) is 44.3 Å². The van der Waals surface area contributed by atoms with Crippen LogP contribution in [0, 0.1) is 12.7 Å². The minimum absolute atomic E-state index is 0.207. The van der Waals surface area contributed by atoms with Gasteiger partial charge >= 0.3 is 0 Å². The number of nitrogens with zero attached hydrogens (tertiary/aromatic N) is 3. The number of aryl methyl sites for hydroxylation is 2. The van der Waals surface area contributed by atoms with Gasteiger partial charge in [-0.2, -0.15) is 0 Å². The van der Waals surface area contributed by atoms with Gasteiger partial charge in [-0.15, -0.1) is 0 Å². The Kier molecular flexibility index (Phi) is 5.07. The maximum absolute atomic E-state index is 13.7. The Morgan fingerprint density at radius 2 is 1.90 bits per heavy atom. The first-order valence-corrected chi connectivity index (χ1v) is 11.1. The van der Waals surface area contributed by atoms with E-state index in [1.807, 2.05) is 0 Å². The Morgan fingerprint density at radius 1 is 1.13 bits per heavy atom. The standard InChI is InChI=1S/C22H22FN3O3S/c1-14-11-19(18-8-6-16(23)13-20(18)24-14)22(27)26-10-4-5-15-12-17(7-9-21(15)26)30(28,29)25(2)3/h6-9,11-13H,4-5,10H2,1-3H3. The number of carbonyl (C=O) groups excluding carboxylic acids is 1. The summed E-state index contributed by atoms with van der Waals surface area (Å²) >= 11 is 0. The largest absolute Gasteiger partial charge is 0.308 e. The fourth-order valence-corrected chi connectivity index (χ4v) is 4.76. The zero-order valence-electron chi connectivity index (χ0n) is 17.0. The molecule has 1 aromatic heterocycles. The summed E-state index contributed by atoms with van der Waals surface area (Å²) in [6.07, 6.45) is 1.41. The van der Waals surface area contributed by atoms with Gasteiger partial charge in [-0.25, -0.2) is 17.1 Å². The second-order valence-corrected chi connectivity index (χ2v) is 9.76. The molecule has 8 heteroatoms. The predicted molar refractivity (Wildman–Crippen MR) is 114 cm³/mol. The number of aromatic nitrogens is 1. The molecule has 0 bridgehead atoms. The summed E-state index contributed by atoms with van der Waals surface area (Å²) in [7, 11) is -0.572. The van der Waals surface area contributed by atoms with E-state index in [0.29, 0.717) is 40.8 Å². The van der Waals surface area contributed by atoms with Crippen LogP contribution in [0.2, 0.25) is 0 Å². The van der Waals surface area contributed by atoms with Gasteiger partial charge in [-0.1, -0.05) is 0 Å². The summed E-state index contributed by atoms with van der Waals surface area (Å²) in [5.41, 5.74) is 3.03. The van der Waals surface area contributed by atoms with Gasteiger partial charge < -0.3 is 4.90 Å². The van der Waals surface area contributed by atoms with Crippen molar-refractivity contribution < 1.29 is 17.6 Å². The second-order valence-electron chi connectivity index (χ2n) is 7.61. The maximum atomic E-state index is 13.7. The molecule has 2 heterocycles. The third-order valence-corrected chi connectivity index (χ3v) is 7.13. The number of halogens is 1. The average molecular weight is 428 g/mol. The van der Waals surface area contributed by atoms with E-state index in [1.165, 1.54) is 36.6 Å². The third kappa shape index (κ3) is 3.46. The van der Waals surface area contributed by atoms with E-state index < -0.39 is 15.8 Å². The molecule has 3 aromatic rings. The molecule has 6 nitrogen and oxygen atoms in total. The van der Waals surface area contributed by atoms with Crippen molar-refractivity contribution in [1.82, 2.24) is 9.29 Å². The SMILES string of the molecule is Cc1cc(C(=O)N2CCCc3cc(S(=O)(=O)N(C)C)ccc32)c2ccc(F)cc2n1. The first kappa shape index (κ1) is 20.4. The number of hydrogen-bond acceptors (Lipinski definition) is 4. The van der Waals surface area contributed by atoms with Crippen molar-refractivity contribution in [2.45, 2.75) is 24.7 Å². The van der Waals surface area contributed by atoms with Crippen molar-refractivity contribution in [3.05, 3.63) is 65.1 Å². The predicted octanol–water partition coefficient (Wildman–Crippen LogP) is 3.53. The van der Waals surface area contributed by atoms with Gasteiger partial charge in [0.15, 0.2) is 0 Å². The maximum Gasteiger partial charge on any atom is 0.259 e. The van der Waals surface area contributed by atoms with E-state index in [1.54, 1.807) is 36.1 Å². The van der Waals surface area contributed by atoms with Gasteiger partial charge in [0.05, 0.1) is 16.0 Å². The molecule has 1 amide bonds.